The summed E-state index contributed by atoms with van der Waals surface area (Å²) in [5.41, 5.74) is 1.75. The molecule has 3 rings (SSSR count). The van der Waals surface area contributed by atoms with E-state index in [1.165, 1.54) is 0 Å². The second-order valence-electron chi connectivity index (χ2n) is 7.49. The standard InChI is InChI=1S/C23H28N4O3/c1-17(21(28)24-16-18-8-4-2-5-9-18)25-22(29)19-12-14-27(15-13-19)23(30)26-20-10-6-3-7-11-20/h2-11,17,19H,12-16H2,1H3,(H,24,28)(H,25,29)(H,26,30). The van der Waals surface area contributed by atoms with Gasteiger partial charge in [-0.25, -0.2) is 4.79 Å². The Labute approximate surface area is 176 Å². The van der Waals surface area contributed by atoms with Gasteiger partial charge in [0.1, 0.15) is 6.04 Å². The van der Waals surface area contributed by atoms with Gasteiger partial charge in [-0.15, -0.1) is 0 Å². The zero-order chi connectivity index (χ0) is 21.3. The molecule has 1 fully saturated rings. The molecule has 7 heteroatoms. The molecule has 0 radical (unpaired) electrons. The normalized spacial score (nSPS) is 15.2. The number of nitrogens with zero attached hydrogens (tertiary/aromatic N) is 1. The van der Waals surface area contributed by atoms with Crippen molar-refractivity contribution in [1.82, 2.24) is 15.5 Å². The fraction of sp³-hybridized carbons (Fsp3) is 0.348. The first kappa shape index (κ1) is 21.4. The lowest BCUT2D eigenvalue weighted by atomic mass is 9.96. The number of piperidine rings is 1. The maximum absolute atomic E-state index is 12.5. The van der Waals surface area contributed by atoms with E-state index >= 15 is 0 Å². The number of likely N-dealkylation sites (tertiary alicyclic amines) is 1. The molecule has 7 nitrogen and oxygen atoms in total. The largest absolute Gasteiger partial charge is 0.350 e. The maximum atomic E-state index is 12.5. The fourth-order valence-electron chi connectivity index (χ4n) is 3.40. The van der Waals surface area contributed by atoms with Crippen LogP contribution in [0.4, 0.5) is 10.5 Å². The van der Waals surface area contributed by atoms with Crippen molar-refractivity contribution in [2.45, 2.75) is 32.4 Å². The number of amides is 4. The Morgan fingerprint density at radius 1 is 0.967 bits per heavy atom. The smallest absolute Gasteiger partial charge is 0.321 e. The van der Waals surface area contributed by atoms with E-state index in [9.17, 15) is 14.4 Å². The lowest BCUT2D eigenvalue weighted by Crippen LogP contribution is -2.49. The third kappa shape index (κ3) is 6.07. The van der Waals surface area contributed by atoms with Crippen LogP contribution in [0.25, 0.3) is 0 Å². The predicted octanol–water partition coefficient (Wildman–Crippen LogP) is 2.75. The molecule has 1 aliphatic rings. The lowest BCUT2D eigenvalue weighted by Gasteiger charge is -2.31. The number of carbonyl (C=O) groups excluding carboxylic acids is 3. The van der Waals surface area contributed by atoms with Crippen molar-refractivity contribution >= 4 is 23.5 Å². The SMILES string of the molecule is CC(NC(=O)C1CCN(C(=O)Nc2ccccc2)CC1)C(=O)NCc1ccccc1. The highest BCUT2D eigenvalue weighted by Gasteiger charge is 2.29. The third-order valence-electron chi connectivity index (χ3n) is 5.24. The van der Waals surface area contributed by atoms with Crippen molar-refractivity contribution in [1.29, 1.82) is 0 Å². The Bertz CT molecular complexity index is 849. The molecule has 1 saturated heterocycles. The summed E-state index contributed by atoms with van der Waals surface area (Å²) in [6.45, 7) is 3.12. The number of urea groups is 1. The lowest BCUT2D eigenvalue weighted by molar-refractivity contribution is -0.131. The van der Waals surface area contributed by atoms with Crippen molar-refractivity contribution in [3.05, 3.63) is 66.2 Å². The highest BCUT2D eigenvalue weighted by molar-refractivity contribution is 5.90. The number of carbonyl (C=O) groups is 3. The van der Waals surface area contributed by atoms with Gasteiger partial charge in [-0.1, -0.05) is 48.5 Å². The summed E-state index contributed by atoms with van der Waals surface area (Å²) >= 11 is 0. The van der Waals surface area contributed by atoms with E-state index in [4.69, 9.17) is 0 Å². The molecular weight excluding hydrogens is 380 g/mol. The molecule has 0 bridgehead atoms. The van der Waals surface area contributed by atoms with Gasteiger partial charge >= 0.3 is 6.03 Å². The van der Waals surface area contributed by atoms with Crippen LogP contribution in [0.2, 0.25) is 0 Å². The highest BCUT2D eigenvalue weighted by atomic mass is 16.2. The minimum absolute atomic E-state index is 0.138. The molecule has 0 aliphatic carbocycles. The summed E-state index contributed by atoms with van der Waals surface area (Å²) < 4.78 is 0. The van der Waals surface area contributed by atoms with Crippen LogP contribution in [-0.2, 0) is 16.1 Å². The molecule has 2 aromatic carbocycles. The Kier molecular flexibility index (Phi) is 7.43. The molecule has 4 amide bonds. The molecule has 0 spiro atoms. The zero-order valence-electron chi connectivity index (χ0n) is 17.1. The van der Waals surface area contributed by atoms with E-state index < -0.39 is 6.04 Å². The van der Waals surface area contributed by atoms with Crippen LogP contribution in [0.3, 0.4) is 0 Å². The van der Waals surface area contributed by atoms with Gasteiger partial charge < -0.3 is 20.9 Å². The van der Waals surface area contributed by atoms with E-state index in [0.29, 0.717) is 32.5 Å². The number of hydrogen-bond donors (Lipinski definition) is 3. The van der Waals surface area contributed by atoms with E-state index in [2.05, 4.69) is 16.0 Å². The molecular formula is C23H28N4O3. The number of benzene rings is 2. The van der Waals surface area contributed by atoms with Gasteiger partial charge in [0.05, 0.1) is 0 Å². The Morgan fingerprint density at radius 3 is 2.20 bits per heavy atom. The van der Waals surface area contributed by atoms with Crippen LogP contribution in [-0.4, -0.2) is 41.9 Å². The van der Waals surface area contributed by atoms with Gasteiger partial charge in [-0.3, -0.25) is 9.59 Å². The molecule has 1 aliphatic heterocycles. The molecule has 30 heavy (non-hydrogen) atoms. The van der Waals surface area contributed by atoms with Crippen molar-refractivity contribution in [2.24, 2.45) is 5.92 Å². The number of rotatable bonds is 6. The van der Waals surface area contributed by atoms with Crippen LogP contribution in [0.1, 0.15) is 25.3 Å². The van der Waals surface area contributed by atoms with Crippen LogP contribution < -0.4 is 16.0 Å². The first-order chi connectivity index (χ1) is 14.5. The number of hydrogen-bond acceptors (Lipinski definition) is 3. The van der Waals surface area contributed by atoms with E-state index in [1.54, 1.807) is 11.8 Å². The average molecular weight is 409 g/mol. The maximum Gasteiger partial charge on any atom is 0.321 e. The molecule has 1 atom stereocenters. The van der Waals surface area contributed by atoms with Gasteiger partial charge in [0.15, 0.2) is 0 Å². The van der Waals surface area contributed by atoms with E-state index in [1.807, 2.05) is 60.7 Å². The van der Waals surface area contributed by atoms with Crippen molar-refractivity contribution in [2.75, 3.05) is 18.4 Å². The summed E-state index contributed by atoms with van der Waals surface area (Å²) in [6.07, 6.45) is 1.15. The molecule has 0 aromatic heterocycles. The van der Waals surface area contributed by atoms with Gasteiger partial charge in [0, 0.05) is 31.2 Å². The van der Waals surface area contributed by atoms with Gasteiger partial charge in [-0.05, 0) is 37.5 Å². The van der Waals surface area contributed by atoms with E-state index in [0.717, 1.165) is 11.3 Å². The first-order valence-electron chi connectivity index (χ1n) is 10.3. The van der Waals surface area contributed by atoms with Gasteiger partial charge in [-0.2, -0.15) is 0 Å². The zero-order valence-corrected chi connectivity index (χ0v) is 17.1. The summed E-state index contributed by atoms with van der Waals surface area (Å²) in [5, 5.41) is 8.50. The number of anilines is 1. The molecule has 3 N–H and O–H groups in total. The Hall–Kier alpha value is -3.35. The number of nitrogens with one attached hydrogen (secondary N) is 3. The number of para-hydroxylation sites is 1. The third-order valence-corrected chi connectivity index (χ3v) is 5.24. The fourth-order valence-corrected chi connectivity index (χ4v) is 3.40. The minimum Gasteiger partial charge on any atom is -0.350 e. The predicted molar refractivity (Wildman–Crippen MR) is 116 cm³/mol. The van der Waals surface area contributed by atoms with E-state index in [-0.39, 0.29) is 23.8 Å². The van der Waals surface area contributed by atoms with Crippen LogP contribution in [0.15, 0.2) is 60.7 Å². The summed E-state index contributed by atoms with van der Waals surface area (Å²) in [4.78, 5) is 38.9. The van der Waals surface area contributed by atoms with Crippen molar-refractivity contribution < 1.29 is 14.4 Å². The minimum atomic E-state index is -0.611. The van der Waals surface area contributed by atoms with Crippen LogP contribution >= 0.6 is 0 Å². The highest BCUT2D eigenvalue weighted by Crippen LogP contribution is 2.19. The quantitative estimate of drug-likeness (QED) is 0.686. The van der Waals surface area contributed by atoms with Gasteiger partial charge in [0.25, 0.3) is 0 Å². The van der Waals surface area contributed by atoms with Crippen molar-refractivity contribution in [3.8, 4) is 0 Å². The Morgan fingerprint density at radius 2 is 1.57 bits per heavy atom. The average Bonchev–Trinajstić information content (AvgIpc) is 2.78. The molecule has 158 valence electrons. The van der Waals surface area contributed by atoms with Crippen LogP contribution in [0, 0.1) is 5.92 Å². The summed E-state index contributed by atoms with van der Waals surface area (Å²) in [7, 11) is 0. The monoisotopic (exact) mass is 408 g/mol. The summed E-state index contributed by atoms with van der Waals surface area (Å²) in [6, 6.07) is 18.1. The topological polar surface area (TPSA) is 90.5 Å². The van der Waals surface area contributed by atoms with Crippen LogP contribution in [0.5, 0.6) is 0 Å². The van der Waals surface area contributed by atoms with Gasteiger partial charge in [0.2, 0.25) is 11.8 Å². The second-order valence-corrected chi connectivity index (χ2v) is 7.49. The first-order valence-corrected chi connectivity index (χ1v) is 10.3. The molecule has 1 heterocycles. The molecule has 2 aromatic rings. The van der Waals surface area contributed by atoms with Crippen molar-refractivity contribution in [3.63, 3.8) is 0 Å². The molecule has 1 unspecified atom stereocenters. The molecule has 0 saturated carbocycles. The second kappa shape index (κ2) is 10.4. The summed E-state index contributed by atoms with van der Waals surface area (Å²) in [5.74, 6) is -0.553. The Balaban J connectivity index is 1.40.